The monoisotopic (exact) mass is 295 g/mol. The van der Waals surface area contributed by atoms with Crippen molar-refractivity contribution in [1.82, 2.24) is 4.90 Å². The molecular weight excluding hydrogens is 270 g/mol. The molecule has 20 heavy (non-hydrogen) atoms. The molecule has 0 aromatic rings. The third kappa shape index (κ3) is 2.64. The summed E-state index contributed by atoms with van der Waals surface area (Å²) in [5.74, 6) is -0.0968. The molecule has 2 aliphatic heterocycles. The number of ether oxygens (including phenoxy) is 1. The van der Waals surface area contributed by atoms with Gasteiger partial charge in [0.2, 0.25) is 0 Å². The van der Waals surface area contributed by atoms with Crippen molar-refractivity contribution in [1.29, 1.82) is 0 Å². The lowest BCUT2D eigenvalue weighted by molar-refractivity contribution is -0.137. The Labute approximate surface area is 126 Å². The summed E-state index contributed by atoms with van der Waals surface area (Å²) in [5.41, 5.74) is 0.972. The number of hydrogen-bond acceptors (Lipinski definition) is 4. The van der Waals surface area contributed by atoms with E-state index < -0.39 is 0 Å². The lowest BCUT2D eigenvalue weighted by Gasteiger charge is -2.35. The molecule has 0 radical (unpaired) electrons. The van der Waals surface area contributed by atoms with Crippen LogP contribution in [0, 0.1) is 0 Å². The van der Waals surface area contributed by atoms with Crippen molar-refractivity contribution in [2.24, 2.45) is 0 Å². The first-order valence-corrected chi connectivity index (χ1v) is 8.78. The summed E-state index contributed by atoms with van der Waals surface area (Å²) in [4.78, 5) is 16.0. The van der Waals surface area contributed by atoms with E-state index in [4.69, 9.17) is 4.74 Å². The van der Waals surface area contributed by atoms with Gasteiger partial charge in [-0.3, -0.25) is 4.90 Å². The second-order valence-electron chi connectivity index (χ2n) is 6.32. The molecule has 2 heterocycles. The van der Waals surface area contributed by atoms with Crippen LogP contribution in [0.3, 0.4) is 0 Å². The zero-order chi connectivity index (χ0) is 14.1. The summed E-state index contributed by atoms with van der Waals surface area (Å²) in [6, 6.07) is 0.937. The minimum atomic E-state index is -0.0968. The summed E-state index contributed by atoms with van der Waals surface area (Å²) in [6.07, 6.45) is 10.1. The van der Waals surface area contributed by atoms with E-state index in [0.29, 0.717) is 12.1 Å². The Kier molecular flexibility index (Phi) is 4.41. The maximum Gasteiger partial charge on any atom is 0.336 e. The zero-order valence-electron chi connectivity index (χ0n) is 12.6. The number of likely N-dealkylation sites (N-methyl/N-ethyl adjacent to an activating group) is 1. The van der Waals surface area contributed by atoms with Gasteiger partial charge in [0.1, 0.15) is 0 Å². The van der Waals surface area contributed by atoms with Gasteiger partial charge in [-0.15, -0.1) is 11.8 Å². The molecule has 112 valence electrons. The molecular formula is C16H25NO2S. The first kappa shape index (κ1) is 14.5. The first-order chi connectivity index (χ1) is 9.70. The van der Waals surface area contributed by atoms with Crippen LogP contribution in [0.1, 0.15) is 51.4 Å². The first-order valence-electron chi connectivity index (χ1n) is 7.90. The van der Waals surface area contributed by atoms with Crippen molar-refractivity contribution in [3.05, 3.63) is 10.5 Å². The SMILES string of the molecule is COC(=O)C1=C(SC2CCCCC2)C[C@H]2CCC1N2C. The van der Waals surface area contributed by atoms with Crippen molar-refractivity contribution in [2.75, 3.05) is 14.2 Å². The Morgan fingerprint density at radius 2 is 1.95 bits per heavy atom. The van der Waals surface area contributed by atoms with E-state index in [1.54, 1.807) is 0 Å². The fourth-order valence-corrected chi connectivity index (χ4v) is 5.58. The number of carbonyl (C=O) groups is 1. The highest BCUT2D eigenvalue weighted by Crippen LogP contribution is 2.45. The quantitative estimate of drug-likeness (QED) is 0.747. The second kappa shape index (κ2) is 6.10. The third-order valence-corrected chi connectivity index (χ3v) is 6.64. The van der Waals surface area contributed by atoms with Crippen LogP contribution in [-0.4, -0.2) is 42.4 Å². The number of nitrogens with zero attached hydrogens (tertiary/aromatic N) is 1. The minimum Gasteiger partial charge on any atom is -0.466 e. The van der Waals surface area contributed by atoms with Crippen LogP contribution in [0.15, 0.2) is 10.5 Å². The Bertz CT molecular complexity index is 415. The van der Waals surface area contributed by atoms with Gasteiger partial charge < -0.3 is 4.74 Å². The van der Waals surface area contributed by atoms with Crippen LogP contribution < -0.4 is 0 Å². The maximum atomic E-state index is 12.2. The number of esters is 1. The average molecular weight is 295 g/mol. The number of hydrogen-bond donors (Lipinski definition) is 0. The summed E-state index contributed by atoms with van der Waals surface area (Å²) < 4.78 is 5.07. The molecule has 0 aromatic heterocycles. The van der Waals surface area contributed by atoms with Gasteiger partial charge in [-0.25, -0.2) is 4.79 Å². The van der Waals surface area contributed by atoms with Crippen LogP contribution in [0.5, 0.6) is 0 Å². The van der Waals surface area contributed by atoms with Gasteiger partial charge in [-0.05, 0) is 44.1 Å². The smallest absolute Gasteiger partial charge is 0.336 e. The van der Waals surface area contributed by atoms with Gasteiger partial charge in [-0.1, -0.05) is 19.3 Å². The van der Waals surface area contributed by atoms with Crippen molar-refractivity contribution in [2.45, 2.75) is 68.7 Å². The normalized spacial score (nSPS) is 31.7. The molecule has 3 rings (SSSR count). The van der Waals surface area contributed by atoms with Crippen LogP contribution in [0.2, 0.25) is 0 Å². The number of rotatable bonds is 3. The van der Waals surface area contributed by atoms with Crippen molar-refractivity contribution in [3.8, 4) is 0 Å². The predicted molar refractivity (Wildman–Crippen MR) is 82.7 cm³/mol. The largest absolute Gasteiger partial charge is 0.466 e. The van der Waals surface area contributed by atoms with Gasteiger partial charge in [0.25, 0.3) is 0 Å². The molecule has 4 heteroatoms. The Hall–Kier alpha value is -0.480. The predicted octanol–water partition coefficient (Wildman–Crippen LogP) is 3.35. The molecule has 2 atom stereocenters. The third-order valence-electron chi connectivity index (χ3n) is 5.16. The van der Waals surface area contributed by atoms with E-state index in [1.807, 2.05) is 11.8 Å². The zero-order valence-corrected chi connectivity index (χ0v) is 13.4. The molecule has 0 N–H and O–H groups in total. The molecule has 2 bridgehead atoms. The molecule has 0 aromatic carbocycles. The van der Waals surface area contributed by atoms with Crippen molar-refractivity contribution < 1.29 is 9.53 Å². The van der Waals surface area contributed by atoms with Crippen molar-refractivity contribution >= 4 is 17.7 Å². The Balaban J connectivity index is 1.83. The second-order valence-corrected chi connectivity index (χ2v) is 7.72. The summed E-state index contributed by atoms with van der Waals surface area (Å²) in [7, 11) is 3.67. The van der Waals surface area contributed by atoms with Gasteiger partial charge in [-0.2, -0.15) is 0 Å². The molecule has 1 saturated carbocycles. The molecule has 0 amide bonds. The Morgan fingerprint density at radius 3 is 2.65 bits per heavy atom. The van der Waals surface area contributed by atoms with Crippen LogP contribution >= 0.6 is 11.8 Å². The molecule has 2 fully saturated rings. The van der Waals surface area contributed by atoms with Gasteiger partial charge >= 0.3 is 5.97 Å². The standard InChI is InChI=1S/C16H25NO2S/c1-17-11-8-9-13(17)15(16(18)19-2)14(10-11)20-12-6-4-3-5-7-12/h11-13H,3-10H2,1-2H3/t11-,13?/m1/s1. The van der Waals surface area contributed by atoms with Crippen LogP contribution in [-0.2, 0) is 9.53 Å². The van der Waals surface area contributed by atoms with E-state index in [2.05, 4.69) is 11.9 Å². The topological polar surface area (TPSA) is 29.5 Å². The number of fused-ring (bicyclic) bond motifs is 2. The highest BCUT2D eigenvalue weighted by Gasteiger charge is 2.42. The lowest BCUT2D eigenvalue weighted by Crippen LogP contribution is -2.40. The molecule has 3 nitrogen and oxygen atoms in total. The maximum absolute atomic E-state index is 12.2. The number of methoxy groups -OCH3 is 1. The highest BCUT2D eigenvalue weighted by atomic mass is 32.2. The van der Waals surface area contributed by atoms with Gasteiger partial charge in [0, 0.05) is 17.3 Å². The average Bonchev–Trinajstić information content (AvgIpc) is 2.72. The minimum absolute atomic E-state index is 0.0968. The summed E-state index contributed by atoms with van der Waals surface area (Å²) >= 11 is 1.99. The fraction of sp³-hybridized carbons (Fsp3) is 0.812. The van der Waals surface area contributed by atoms with E-state index in [9.17, 15) is 4.79 Å². The van der Waals surface area contributed by atoms with Gasteiger partial charge in [0.15, 0.2) is 0 Å². The Morgan fingerprint density at radius 1 is 1.20 bits per heavy atom. The highest BCUT2D eigenvalue weighted by molar-refractivity contribution is 8.03. The molecule has 3 aliphatic rings. The van der Waals surface area contributed by atoms with Crippen LogP contribution in [0.4, 0.5) is 0 Å². The van der Waals surface area contributed by atoms with Gasteiger partial charge in [0.05, 0.1) is 12.7 Å². The van der Waals surface area contributed by atoms with E-state index in [0.717, 1.165) is 23.7 Å². The fourth-order valence-electron chi connectivity index (χ4n) is 3.97. The van der Waals surface area contributed by atoms with E-state index >= 15 is 0 Å². The lowest BCUT2D eigenvalue weighted by atomic mass is 10.0. The van der Waals surface area contributed by atoms with E-state index in [-0.39, 0.29) is 5.97 Å². The number of carbonyl (C=O) groups excluding carboxylic acids is 1. The molecule has 1 unspecified atom stereocenters. The summed E-state index contributed by atoms with van der Waals surface area (Å²) in [5, 5.41) is 0.723. The molecule has 1 aliphatic carbocycles. The van der Waals surface area contributed by atoms with E-state index in [1.165, 1.54) is 50.5 Å². The molecule has 1 saturated heterocycles. The van der Waals surface area contributed by atoms with Crippen LogP contribution in [0.25, 0.3) is 0 Å². The van der Waals surface area contributed by atoms with Crippen molar-refractivity contribution in [3.63, 3.8) is 0 Å². The molecule has 0 spiro atoms. The summed E-state index contributed by atoms with van der Waals surface area (Å²) in [6.45, 7) is 0. The number of thioether (sulfide) groups is 1.